The summed E-state index contributed by atoms with van der Waals surface area (Å²) >= 11 is 1.37. The summed E-state index contributed by atoms with van der Waals surface area (Å²) in [5, 5.41) is 0. The van der Waals surface area contributed by atoms with Crippen molar-refractivity contribution in [2.75, 3.05) is 0 Å². The first-order valence-electron chi connectivity index (χ1n) is 8.66. The third-order valence-electron chi connectivity index (χ3n) is 4.01. The summed E-state index contributed by atoms with van der Waals surface area (Å²) in [6.45, 7) is 1.99. The van der Waals surface area contributed by atoms with E-state index in [0.717, 1.165) is 27.6 Å². The monoisotopic (exact) mass is 370 g/mol. The van der Waals surface area contributed by atoms with Gasteiger partial charge >= 0.3 is 0 Å². The molecule has 0 aliphatic heterocycles. The molecule has 4 nitrogen and oxygen atoms in total. The molecular formula is C22H18N4S. The lowest BCUT2D eigenvalue weighted by Crippen LogP contribution is -2.16. The Balaban J connectivity index is 1.90. The maximum atomic E-state index is 4.89. The molecule has 3 aromatic carbocycles. The van der Waals surface area contributed by atoms with Gasteiger partial charge in [0.05, 0.1) is 5.69 Å². The Morgan fingerprint density at radius 2 is 1.41 bits per heavy atom. The minimum absolute atomic E-state index is 0.662. The van der Waals surface area contributed by atoms with E-state index >= 15 is 0 Å². The molecule has 0 N–H and O–H groups in total. The number of hydrogen-bond acceptors (Lipinski definition) is 3. The van der Waals surface area contributed by atoms with Gasteiger partial charge in [0.15, 0.2) is 5.84 Å². The van der Waals surface area contributed by atoms with Gasteiger partial charge in [-0.1, -0.05) is 66.7 Å². The highest BCUT2D eigenvalue weighted by molar-refractivity contribution is 7.02. The lowest BCUT2D eigenvalue weighted by molar-refractivity contribution is 0.927. The molecule has 132 valence electrons. The number of para-hydroxylation sites is 2. The highest BCUT2D eigenvalue weighted by atomic mass is 32.1. The summed E-state index contributed by atoms with van der Waals surface area (Å²) in [6, 6.07) is 30.0. The molecule has 0 saturated carbocycles. The smallest absolute Gasteiger partial charge is 0.215 e. The van der Waals surface area contributed by atoms with E-state index in [1.165, 1.54) is 11.5 Å². The summed E-state index contributed by atoms with van der Waals surface area (Å²) < 4.78 is 6.55. The van der Waals surface area contributed by atoms with Crippen LogP contribution in [0.3, 0.4) is 0 Å². The average Bonchev–Trinajstić information content (AvgIpc) is 3.09. The van der Waals surface area contributed by atoms with Crippen molar-refractivity contribution in [3.63, 3.8) is 0 Å². The van der Waals surface area contributed by atoms with Crippen molar-refractivity contribution in [3.8, 4) is 5.69 Å². The van der Waals surface area contributed by atoms with Crippen LogP contribution in [0.2, 0.25) is 0 Å². The number of hydrogen-bond donors (Lipinski definition) is 0. The third-order valence-corrected chi connectivity index (χ3v) is 4.81. The zero-order valence-electron chi connectivity index (χ0n) is 14.9. The SMILES string of the molecule is Cc1nsc(=NC(=Nc2ccccc2)c2ccccc2)n1-c1ccccc1. The minimum Gasteiger partial charge on any atom is -0.272 e. The zero-order valence-corrected chi connectivity index (χ0v) is 15.7. The molecular weight excluding hydrogens is 352 g/mol. The van der Waals surface area contributed by atoms with Crippen LogP contribution in [-0.4, -0.2) is 14.8 Å². The summed E-state index contributed by atoms with van der Waals surface area (Å²) in [5.41, 5.74) is 2.87. The van der Waals surface area contributed by atoms with Crippen LogP contribution in [-0.2, 0) is 0 Å². The van der Waals surface area contributed by atoms with Crippen molar-refractivity contribution in [3.05, 3.63) is 107 Å². The van der Waals surface area contributed by atoms with E-state index in [1.54, 1.807) is 0 Å². The summed E-state index contributed by atoms with van der Waals surface area (Å²) in [4.78, 5) is 10.5. The Morgan fingerprint density at radius 1 is 0.815 bits per heavy atom. The fraction of sp³-hybridized carbons (Fsp3) is 0.0455. The van der Waals surface area contributed by atoms with Crippen LogP contribution < -0.4 is 4.80 Å². The minimum atomic E-state index is 0.662. The summed E-state index contributed by atoms with van der Waals surface area (Å²) in [6.07, 6.45) is 0. The molecule has 27 heavy (non-hydrogen) atoms. The van der Waals surface area contributed by atoms with Gasteiger partial charge in [0.2, 0.25) is 4.80 Å². The molecule has 1 aromatic heterocycles. The second kappa shape index (κ2) is 7.93. The first-order chi connectivity index (χ1) is 13.3. The number of benzene rings is 3. The number of rotatable bonds is 3. The van der Waals surface area contributed by atoms with Crippen LogP contribution in [0.15, 0.2) is 101 Å². The van der Waals surface area contributed by atoms with Gasteiger partial charge in [-0.2, -0.15) is 9.37 Å². The standard InChI is InChI=1S/C22H18N4S/c1-17-25-27-22(26(17)20-15-9-4-10-16-20)24-21(18-11-5-2-6-12-18)23-19-13-7-3-8-14-19/h2-16H,1H3. The Morgan fingerprint density at radius 3 is 2.07 bits per heavy atom. The number of aryl methyl sites for hydroxylation is 1. The molecule has 0 spiro atoms. The van der Waals surface area contributed by atoms with Gasteiger partial charge in [0, 0.05) is 22.8 Å². The van der Waals surface area contributed by atoms with Crippen LogP contribution >= 0.6 is 11.5 Å². The fourth-order valence-electron chi connectivity index (χ4n) is 2.73. The van der Waals surface area contributed by atoms with Gasteiger partial charge < -0.3 is 0 Å². The van der Waals surface area contributed by atoms with E-state index in [1.807, 2.05) is 90.4 Å². The number of aromatic nitrogens is 2. The maximum Gasteiger partial charge on any atom is 0.215 e. The van der Waals surface area contributed by atoms with Crippen molar-refractivity contribution in [2.24, 2.45) is 9.98 Å². The molecule has 0 aliphatic rings. The van der Waals surface area contributed by atoms with Crippen LogP contribution in [0.4, 0.5) is 5.69 Å². The van der Waals surface area contributed by atoms with E-state index in [2.05, 4.69) is 16.5 Å². The molecule has 0 amide bonds. The van der Waals surface area contributed by atoms with Crippen molar-refractivity contribution < 1.29 is 0 Å². The van der Waals surface area contributed by atoms with Gasteiger partial charge in [-0.25, -0.2) is 4.99 Å². The molecule has 0 atom stereocenters. The molecule has 0 unspecified atom stereocenters. The first-order valence-corrected chi connectivity index (χ1v) is 9.43. The molecule has 4 rings (SSSR count). The molecule has 0 aliphatic carbocycles. The van der Waals surface area contributed by atoms with Gasteiger partial charge in [0.1, 0.15) is 5.82 Å². The van der Waals surface area contributed by atoms with Crippen LogP contribution in [0, 0.1) is 6.92 Å². The van der Waals surface area contributed by atoms with Gasteiger partial charge in [-0.3, -0.25) is 4.57 Å². The lowest BCUT2D eigenvalue weighted by Gasteiger charge is -2.05. The van der Waals surface area contributed by atoms with Gasteiger partial charge in [-0.15, -0.1) is 0 Å². The van der Waals surface area contributed by atoms with Crippen molar-refractivity contribution >= 4 is 23.1 Å². The molecule has 4 aromatic rings. The molecule has 0 radical (unpaired) electrons. The molecule has 0 bridgehead atoms. The van der Waals surface area contributed by atoms with Crippen LogP contribution in [0.5, 0.6) is 0 Å². The van der Waals surface area contributed by atoms with Gasteiger partial charge in [0.25, 0.3) is 0 Å². The van der Waals surface area contributed by atoms with E-state index in [0.29, 0.717) is 5.84 Å². The number of aliphatic imine (C=N–C) groups is 1. The second-order valence-electron chi connectivity index (χ2n) is 5.93. The lowest BCUT2D eigenvalue weighted by atomic mass is 10.2. The average molecular weight is 370 g/mol. The molecule has 0 fully saturated rings. The highest BCUT2D eigenvalue weighted by Gasteiger charge is 2.08. The van der Waals surface area contributed by atoms with E-state index in [-0.39, 0.29) is 0 Å². The number of nitrogens with zero attached hydrogens (tertiary/aromatic N) is 4. The Bertz CT molecular complexity index is 1110. The second-order valence-corrected chi connectivity index (χ2v) is 6.66. The maximum absolute atomic E-state index is 4.89. The summed E-state index contributed by atoms with van der Waals surface area (Å²) in [5.74, 6) is 1.56. The summed E-state index contributed by atoms with van der Waals surface area (Å²) in [7, 11) is 0. The molecule has 1 heterocycles. The topological polar surface area (TPSA) is 42.5 Å². The first kappa shape index (κ1) is 17.1. The predicted molar refractivity (Wildman–Crippen MR) is 111 cm³/mol. The number of amidine groups is 1. The molecule has 5 heteroatoms. The normalized spacial score (nSPS) is 12.3. The van der Waals surface area contributed by atoms with E-state index in [4.69, 9.17) is 9.98 Å². The van der Waals surface area contributed by atoms with Crippen LogP contribution in [0.25, 0.3) is 5.69 Å². The predicted octanol–water partition coefficient (Wildman–Crippen LogP) is 4.92. The Kier molecular flexibility index (Phi) is 5.03. The van der Waals surface area contributed by atoms with Crippen LogP contribution in [0.1, 0.15) is 11.4 Å². The quantitative estimate of drug-likeness (QED) is 0.373. The largest absolute Gasteiger partial charge is 0.272 e. The van der Waals surface area contributed by atoms with Gasteiger partial charge in [-0.05, 0) is 31.2 Å². The van der Waals surface area contributed by atoms with Crippen molar-refractivity contribution in [1.29, 1.82) is 0 Å². The highest BCUT2D eigenvalue weighted by Crippen LogP contribution is 2.14. The Hall–Kier alpha value is -3.31. The zero-order chi connectivity index (χ0) is 18.5. The van der Waals surface area contributed by atoms with E-state index in [9.17, 15) is 0 Å². The van der Waals surface area contributed by atoms with Crippen molar-refractivity contribution in [2.45, 2.75) is 6.92 Å². The third kappa shape index (κ3) is 3.93. The molecule has 0 saturated heterocycles. The van der Waals surface area contributed by atoms with Crippen molar-refractivity contribution in [1.82, 2.24) is 8.94 Å². The Labute approximate surface area is 162 Å². The van der Waals surface area contributed by atoms with E-state index < -0.39 is 0 Å². The fourth-order valence-corrected chi connectivity index (χ4v) is 3.47.